The first-order chi connectivity index (χ1) is 8.67. The largest absolute Gasteiger partial charge is 0.356 e. The summed E-state index contributed by atoms with van der Waals surface area (Å²) >= 11 is 0. The molecule has 0 aromatic rings. The SMILES string of the molecule is CCCCCC(=O)CC.COC1CCC(OC)O1. The zero-order valence-corrected chi connectivity index (χ0v) is 12.2. The fraction of sp³-hybridized carbons (Fsp3) is 0.929. The lowest BCUT2D eigenvalue weighted by Gasteiger charge is -2.09. The maximum Gasteiger partial charge on any atom is 0.160 e. The van der Waals surface area contributed by atoms with Gasteiger partial charge in [0.2, 0.25) is 0 Å². The Kier molecular flexibility index (Phi) is 11.3. The van der Waals surface area contributed by atoms with E-state index in [1.54, 1.807) is 14.2 Å². The molecule has 0 aromatic heterocycles. The summed E-state index contributed by atoms with van der Waals surface area (Å²) < 4.78 is 15.1. The molecule has 4 nitrogen and oxygen atoms in total. The second kappa shape index (κ2) is 11.6. The van der Waals surface area contributed by atoms with Crippen molar-refractivity contribution >= 4 is 5.78 Å². The highest BCUT2D eigenvalue weighted by Gasteiger charge is 2.23. The highest BCUT2D eigenvalue weighted by Crippen LogP contribution is 2.19. The quantitative estimate of drug-likeness (QED) is 0.659. The smallest absolute Gasteiger partial charge is 0.160 e. The molecule has 1 saturated heterocycles. The molecule has 0 radical (unpaired) electrons. The van der Waals surface area contributed by atoms with Crippen molar-refractivity contribution in [2.45, 2.75) is 71.4 Å². The number of Topliss-reactive ketones (excluding diaryl/α,β-unsaturated/α-hetero) is 1. The molecule has 0 saturated carbocycles. The third-order valence-corrected chi connectivity index (χ3v) is 2.92. The number of carbonyl (C=O) groups excluding carboxylic acids is 1. The van der Waals surface area contributed by atoms with Crippen LogP contribution in [0, 0.1) is 0 Å². The normalized spacial score (nSPS) is 22.4. The van der Waals surface area contributed by atoms with Crippen molar-refractivity contribution in [1.29, 1.82) is 0 Å². The number of hydrogen-bond donors (Lipinski definition) is 0. The van der Waals surface area contributed by atoms with Crippen molar-refractivity contribution in [2.75, 3.05) is 14.2 Å². The number of unbranched alkanes of at least 4 members (excludes halogenated alkanes) is 2. The van der Waals surface area contributed by atoms with E-state index >= 15 is 0 Å². The van der Waals surface area contributed by atoms with Gasteiger partial charge in [0.25, 0.3) is 0 Å². The predicted molar refractivity (Wildman–Crippen MR) is 71.4 cm³/mol. The molecule has 18 heavy (non-hydrogen) atoms. The summed E-state index contributed by atoms with van der Waals surface area (Å²) in [5, 5.41) is 0. The molecule has 0 aliphatic carbocycles. The van der Waals surface area contributed by atoms with Crippen LogP contribution in [-0.4, -0.2) is 32.6 Å². The first-order valence-electron chi connectivity index (χ1n) is 6.90. The standard InChI is InChI=1S/C8H16O.C6H12O3/c1-3-5-6-7-8(9)4-2;1-7-5-3-4-6(8-2)9-5/h3-7H2,1-2H3;5-6H,3-4H2,1-2H3. The minimum atomic E-state index is -0.0463. The van der Waals surface area contributed by atoms with Gasteiger partial charge in [-0.1, -0.05) is 26.7 Å². The topological polar surface area (TPSA) is 44.8 Å². The first-order valence-corrected chi connectivity index (χ1v) is 6.90. The molecule has 4 heteroatoms. The highest BCUT2D eigenvalue weighted by atomic mass is 16.8. The van der Waals surface area contributed by atoms with Gasteiger partial charge < -0.3 is 14.2 Å². The Balaban J connectivity index is 0.000000321. The molecule has 1 rings (SSSR count). The van der Waals surface area contributed by atoms with E-state index in [0.717, 1.165) is 25.7 Å². The molecule has 1 fully saturated rings. The minimum Gasteiger partial charge on any atom is -0.356 e. The van der Waals surface area contributed by atoms with E-state index in [4.69, 9.17) is 14.2 Å². The number of ketones is 1. The van der Waals surface area contributed by atoms with Crippen molar-refractivity contribution in [2.24, 2.45) is 0 Å². The summed E-state index contributed by atoms with van der Waals surface area (Å²) in [5.74, 6) is 0.406. The summed E-state index contributed by atoms with van der Waals surface area (Å²) in [5.41, 5.74) is 0. The van der Waals surface area contributed by atoms with Crippen molar-refractivity contribution < 1.29 is 19.0 Å². The average Bonchev–Trinajstić information content (AvgIpc) is 2.87. The molecular formula is C14H28O4. The van der Waals surface area contributed by atoms with Gasteiger partial charge in [0, 0.05) is 39.9 Å². The van der Waals surface area contributed by atoms with Gasteiger partial charge in [-0.15, -0.1) is 0 Å². The fourth-order valence-corrected chi connectivity index (χ4v) is 1.67. The van der Waals surface area contributed by atoms with Crippen LogP contribution in [0.5, 0.6) is 0 Å². The maximum absolute atomic E-state index is 10.7. The predicted octanol–water partition coefficient (Wildman–Crippen LogP) is 3.29. The molecule has 0 bridgehead atoms. The first kappa shape index (κ1) is 17.6. The molecule has 1 heterocycles. The van der Waals surface area contributed by atoms with Crippen molar-refractivity contribution in [1.82, 2.24) is 0 Å². The lowest BCUT2D eigenvalue weighted by Crippen LogP contribution is -2.13. The van der Waals surface area contributed by atoms with Gasteiger partial charge in [0.1, 0.15) is 5.78 Å². The number of rotatable bonds is 7. The number of hydrogen-bond acceptors (Lipinski definition) is 4. The van der Waals surface area contributed by atoms with E-state index in [0.29, 0.717) is 12.2 Å². The van der Waals surface area contributed by atoms with Crippen molar-refractivity contribution in [3.63, 3.8) is 0 Å². The maximum atomic E-state index is 10.7. The monoisotopic (exact) mass is 260 g/mol. The third kappa shape index (κ3) is 8.61. The average molecular weight is 260 g/mol. The van der Waals surface area contributed by atoms with Gasteiger partial charge in [-0.3, -0.25) is 4.79 Å². The van der Waals surface area contributed by atoms with Crippen molar-refractivity contribution in [3.8, 4) is 0 Å². The van der Waals surface area contributed by atoms with Crippen LogP contribution in [0.15, 0.2) is 0 Å². The van der Waals surface area contributed by atoms with Gasteiger partial charge in [-0.05, 0) is 6.42 Å². The Morgan fingerprint density at radius 3 is 2.00 bits per heavy atom. The molecule has 1 aliphatic heterocycles. The second-order valence-electron chi connectivity index (χ2n) is 4.39. The van der Waals surface area contributed by atoms with E-state index < -0.39 is 0 Å². The number of ether oxygens (including phenoxy) is 3. The van der Waals surface area contributed by atoms with E-state index in [2.05, 4.69) is 6.92 Å². The third-order valence-electron chi connectivity index (χ3n) is 2.92. The molecular weight excluding hydrogens is 232 g/mol. The fourth-order valence-electron chi connectivity index (χ4n) is 1.67. The number of methoxy groups -OCH3 is 2. The Morgan fingerprint density at radius 1 is 1.11 bits per heavy atom. The summed E-state index contributed by atoms with van der Waals surface area (Å²) in [6.45, 7) is 4.07. The molecule has 0 N–H and O–H groups in total. The van der Waals surface area contributed by atoms with Crippen LogP contribution < -0.4 is 0 Å². The van der Waals surface area contributed by atoms with Crippen LogP contribution in [0.3, 0.4) is 0 Å². The lowest BCUT2D eigenvalue weighted by atomic mass is 10.1. The number of carbonyl (C=O) groups is 1. The lowest BCUT2D eigenvalue weighted by molar-refractivity contribution is -0.185. The van der Waals surface area contributed by atoms with Crippen LogP contribution in [0.2, 0.25) is 0 Å². The van der Waals surface area contributed by atoms with Gasteiger partial charge in [0.05, 0.1) is 0 Å². The zero-order chi connectivity index (χ0) is 13.8. The summed E-state index contributed by atoms with van der Waals surface area (Å²) in [4.78, 5) is 10.7. The van der Waals surface area contributed by atoms with Gasteiger partial charge in [0.15, 0.2) is 12.6 Å². The van der Waals surface area contributed by atoms with Crippen molar-refractivity contribution in [3.05, 3.63) is 0 Å². The summed E-state index contributed by atoms with van der Waals surface area (Å²) in [6.07, 6.45) is 6.79. The van der Waals surface area contributed by atoms with Gasteiger partial charge in [-0.25, -0.2) is 0 Å². The van der Waals surface area contributed by atoms with Gasteiger partial charge >= 0.3 is 0 Å². The molecule has 108 valence electrons. The Morgan fingerprint density at radius 2 is 1.67 bits per heavy atom. The molecule has 1 aliphatic rings. The Bertz CT molecular complexity index is 196. The van der Waals surface area contributed by atoms with E-state index in [1.807, 2.05) is 6.92 Å². The van der Waals surface area contributed by atoms with Crippen LogP contribution in [0.4, 0.5) is 0 Å². The molecule has 2 atom stereocenters. The van der Waals surface area contributed by atoms with Crippen LogP contribution in [0.1, 0.15) is 58.8 Å². The molecule has 0 aromatic carbocycles. The summed E-state index contributed by atoms with van der Waals surface area (Å²) in [7, 11) is 3.28. The minimum absolute atomic E-state index is 0.0463. The van der Waals surface area contributed by atoms with Gasteiger partial charge in [-0.2, -0.15) is 0 Å². The van der Waals surface area contributed by atoms with E-state index in [1.165, 1.54) is 12.8 Å². The molecule has 0 amide bonds. The Labute approximate surface area is 111 Å². The molecule has 2 unspecified atom stereocenters. The highest BCUT2D eigenvalue weighted by molar-refractivity contribution is 5.77. The second-order valence-corrected chi connectivity index (χ2v) is 4.39. The molecule has 0 spiro atoms. The summed E-state index contributed by atoms with van der Waals surface area (Å²) in [6, 6.07) is 0. The van der Waals surface area contributed by atoms with E-state index in [-0.39, 0.29) is 12.6 Å². The van der Waals surface area contributed by atoms with Crippen LogP contribution in [0.25, 0.3) is 0 Å². The Hall–Kier alpha value is -0.450. The van der Waals surface area contributed by atoms with E-state index in [9.17, 15) is 4.79 Å². The van der Waals surface area contributed by atoms with Crippen LogP contribution in [-0.2, 0) is 19.0 Å². The van der Waals surface area contributed by atoms with Crippen LogP contribution >= 0.6 is 0 Å². The zero-order valence-electron chi connectivity index (χ0n) is 12.2.